The zero-order valence-corrected chi connectivity index (χ0v) is 11.2. The van der Waals surface area contributed by atoms with E-state index in [1.54, 1.807) is 28.8 Å². The molecule has 0 atom stereocenters. The standard InChI is InChI=1S/C17H15NO2/c1-2-12-11-18(16-10-14(19)8-9-15(12)16)17(20)13-6-4-3-5-7-13/h3-11,19H,2H2,1H3. The van der Waals surface area contributed by atoms with Crippen LogP contribution in [0.4, 0.5) is 0 Å². The zero-order valence-electron chi connectivity index (χ0n) is 11.2. The highest BCUT2D eigenvalue weighted by Crippen LogP contribution is 2.26. The third kappa shape index (κ3) is 1.97. The first kappa shape index (κ1) is 12.5. The number of rotatable bonds is 2. The molecule has 3 nitrogen and oxygen atoms in total. The Hall–Kier alpha value is -2.55. The molecule has 0 amide bonds. The van der Waals surface area contributed by atoms with Crippen molar-refractivity contribution in [2.75, 3.05) is 0 Å². The van der Waals surface area contributed by atoms with Crippen LogP contribution in [-0.2, 0) is 6.42 Å². The highest BCUT2D eigenvalue weighted by atomic mass is 16.3. The van der Waals surface area contributed by atoms with Crippen LogP contribution in [0.5, 0.6) is 5.75 Å². The van der Waals surface area contributed by atoms with Crippen molar-refractivity contribution in [3.05, 3.63) is 65.9 Å². The van der Waals surface area contributed by atoms with E-state index in [4.69, 9.17) is 0 Å². The number of hydrogen-bond acceptors (Lipinski definition) is 2. The quantitative estimate of drug-likeness (QED) is 0.769. The highest BCUT2D eigenvalue weighted by molar-refractivity contribution is 6.03. The van der Waals surface area contributed by atoms with Gasteiger partial charge in [0.1, 0.15) is 5.75 Å². The normalized spacial score (nSPS) is 10.8. The van der Waals surface area contributed by atoms with Gasteiger partial charge in [-0.25, -0.2) is 0 Å². The summed E-state index contributed by atoms with van der Waals surface area (Å²) in [5.41, 5.74) is 2.48. The number of phenols is 1. The van der Waals surface area contributed by atoms with Gasteiger partial charge in [-0.2, -0.15) is 0 Å². The maximum atomic E-state index is 12.6. The average molecular weight is 265 g/mol. The van der Waals surface area contributed by atoms with Crippen LogP contribution >= 0.6 is 0 Å². The first-order chi connectivity index (χ1) is 9.70. The number of carbonyl (C=O) groups is 1. The number of aromatic nitrogens is 1. The van der Waals surface area contributed by atoms with Gasteiger partial charge in [0.15, 0.2) is 0 Å². The molecular weight excluding hydrogens is 250 g/mol. The molecule has 3 aromatic rings. The van der Waals surface area contributed by atoms with Crippen LogP contribution < -0.4 is 0 Å². The van der Waals surface area contributed by atoms with Gasteiger partial charge in [-0.15, -0.1) is 0 Å². The Kier molecular flexibility index (Phi) is 3.03. The lowest BCUT2D eigenvalue weighted by atomic mass is 10.1. The van der Waals surface area contributed by atoms with Gasteiger partial charge in [0.2, 0.25) is 0 Å². The van der Waals surface area contributed by atoms with Crippen LogP contribution in [0.3, 0.4) is 0 Å². The Morgan fingerprint density at radius 1 is 1.15 bits per heavy atom. The Morgan fingerprint density at radius 2 is 1.90 bits per heavy atom. The number of nitrogens with zero attached hydrogens (tertiary/aromatic N) is 1. The van der Waals surface area contributed by atoms with Crippen molar-refractivity contribution in [2.24, 2.45) is 0 Å². The topological polar surface area (TPSA) is 42.2 Å². The SMILES string of the molecule is CCc1cn(C(=O)c2ccccc2)c2cc(O)ccc12. The van der Waals surface area contributed by atoms with Gasteiger partial charge < -0.3 is 5.11 Å². The van der Waals surface area contributed by atoms with E-state index in [1.165, 1.54) is 0 Å². The van der Waals surface area contributed by atoms with Crippen LogP contribution in [0, 0.1) is 0 Å². The van der Waals surface area contributed by atoms with E-state index in [2.05, 4.69) is 6.92 Å². The van der Waals surface area contributed by atoms with Gasteiger partial charge in [-0.05, 0) is 36.2 Å². The summed E-state index contributed by atoms with van der Waals surface area (Å²) in [6.07, 6.45) is 2.70. The molecule has 3 rings (SSSR count). The molecule has 0 aliphatic rings. The molecule has 1 N–H and O–H groups in total. The molecule has 0 radical (unpaired) electrons. The van der Waals surface area contributed by atoms with Gasteiger partial charge in [0.05, 0.1) is 5.52 Å². The summed E-state index contributed by atoms with van der Waals surface area (Å²) in [5, 5.41) is 10.7. The summed E-state index contributed by atoms with van der Waals surface area (Å²) >= 11 is 0. The van der Waals surface area contributed by atoms with Crippen LogP contribution in [0.2, 0.25) is 0 Å². The average Bonchev–Trinajstić information content (AvgIpc) is 2.85. The molecule has 2 aromatic carbocycles. The van der Waals surface area contributed by atoms with Crippen molar-refractivity contribution in [1.82, 2.24) is 4.57 Å². The highest BCUT2D eigenvalue weighted by Gasteiger charge is 2.14. The second-order valence-electron chi connectivity index (χ2n) is 4.75. The number of aromatic hydroxyl groups is 1. The molecule has 0 saturated carbocycles. The monoisotopic (exact) mass is 265 g/mol. The van der Waals surface area contributed by atoms with Gasteiger partial charge in [-0.3, -0.25) is 9.36 Å². The Bertz CT molecular complexity index is 772. The van der Waals surface area contributed by atoms with Crippen LogP contribution in [0.25, 0.3) is 10.9 Å². The lowest BCUT2D eigenvalue weighted by molar-refractivity contribution is 0.0965. The van der Waals surface area contributed by atoms with E-state index in [9.17, 15) is 9.90 Å². The predicted octanol–water partition coefficient (Wildman–Crippen LogP) is 3.60. The molecule has 0 unspecified atom stereocenters. The van der Waals surface area contributed by atoms with Crippen molar-refractivity contribution in [3.8, 4) is 5.75 Å². The van der Waals surface area contributed by atoms with Crippen LogP contribution in [0.15, 0.2) is 54.7 Å². The molecular formula is C17H15NO2. The number of hydrogen-bond donors (Lipinski definition) is 1. The van der Waals surface area contributed by atoms with Gasteiger partial charge >= 0.3 is 0 Å². The second-order valence-corrected chi connectivity index (χ2v) is 4.75. The van der Waals surface area contributed by atoms with Gasteiger partial charge in [-0.1, -0.05) is 25.1 Å². The molecule has 0 saturated heterocycles. The Labute approximate surface area is 117 Å². The molecule has 0 spiro atoms. The van der Waals surface area contributed by atoms with E-state index in [-0.39, 0.29) is 11.7 Å². The Balaban J connectivity index is 2.21. The lowest BCUT2D eigenvalue weighted by Crippen LogP contribution is -2.10. The summed E-state index contributed by atoms with van der Waals surface area (Å²) in [6, 6.07) is 14.3. The largest absolute Gasteiger partial charge is 0.508 e. The zero-order chi connectivity index (χ0) is 14.1. The summed E-state index contributed by atoms with van der Waals surface area (Å²) in [6.45, 7) is 2.05. The maximum absolute atomic E-state index is 12.6. The van der Waals surface area contributed by atoms with Crippen molar-refractivity contribution >= 4 is 16.8 Å². The molecule has 3 heteroatoms. The predicted molar refractivity (Wildman–Crippen MR) is 79.2 cm³/mol. The van der Waals surface area contributed by atoms with E-state index < -0.39 is 0 Å². The second kappa shape index (κ2) is 4.85. The number of phenolic OH excluding ortho intramolecular Hbond substituents is 1. The first-order valence-corrected chi connectivity index (χ1v) is 6.63. The minimum absolute atomic E-state index is 0.0825. The first-order valence-electron chi connectivity index (χ1n) is 6.63. The van der Waals surface area contributed by atoms with E-state index in [1.807, 2.05) is 30.5 Å². The molecule has 1 aromatic heterocycles. The third-order valence-corrected chi connectivity index (χ3v) is 3.49. The van der Waals surface area contributed by atoms with Crippen LogP contribution in [-0.4, -0.2) is 15.6 Å². The molecule has 0 bridgehead atoms. The van der Waals surface area contributed by atoms with Gasteiger partial charge in [0.25, 0.3) is 5.91 Å². The number of benzene rings is 2. The fraction of sp³-hybridized carbons (Fsp3) is 0.118. The summed E-state index contributed by atoms with van der Waals surface area (Å²) < 4.78 is 1.61. The minimum Gasteiger partial charge on any atom is -0.508 e. The molecule has 100 valence electrons. The fourth-order valence-corrected chi connectivity index (χ4v) is 2.46. The number of carbonyl (C=O) groups excluding carboxylic acids is 1. The van der Waals surface area contributed by atoms with E-state index >= 15 is 0 Å². The molecule has 0 fully saturated rings. The van der Waals surface area contributed by atoms with Crippen LogP contribution in [0.1, 0.15) is 22.8 Å². The van der Waals surface area contributed by atoms with Crippen molar-refractivity contribution in [2.45, 2.75) is 13.3 Å². The minimum atomic E-state index is -0.0825. The summed E-state index contributed by atoms with van der Waals surface area (Å²) in [7, 11) is 0. The van der Waals surface area contributed by atoms with Crippen molar-refractivity contribution < 1.29 is 9.90 Å². The summed E-state index contributed by atoms with van der Waals surface area (Å²) in [5.74, 6) is 0.0845. The van der Waals surface area contributed by atoms with E-state index in [0.717, 1.165) is 22.9 Å². The smallest absolute Gasteiger partial charge is 0.262 e. The van der Waals surface area contributed by atoms with Gasteiger partial charge in [0, 0.05) is 23.2 Å². The van der Waals surface area contributed by atoms with Crippen molar-refractivity contribution in [3.63, 3.8) is 0 Å². The number of aryl methyl sites for hydroxylation is 1. The fourth-order valence-electron chi connectivity index (χ4n) is 2.46. The maximum Gasteiger partial charge on any atom is 0.262 e. The molecule has 1 heterocycles. The molecule has 0 aliphatic heterocycles. The number of fused-ring (bicyclic) bond motifs is 1. The van der Waals surface area contributed by atoms with E-state index in [0.29, 0.717) is 5.56 Å². The molecule has 20 heavy (non-hydrogen) atoms. The lowest BCUT2D eigenvalue weighted by Gasteiger charge is -2.04. The Morgan fingerprint density at radius 3 is 2.60 bits per heavy atom. The van der Waals surface area contributed by atoms with Crippen molar-refractivity contribution in [1.29, 1.82) is 0 Å². The summed E-state index contributed by atoms with van der Waals surface area (Å²) in [4.78, 5) is 12.6. The molecule has 0 aliphatic carbocycles. The third-order valence-electron chi connectivity index (χ3n) is 3.49.